The van der Waals surface area contributed by atoms with Crippen LogP contribution >= 0.6 is 0 Å². The van der Waals surface area contributed by atoms with Crippen LogP contribution in [0, 0.1) is 11.3 Å². The van der Waals surface area contributed by atoms with Gasteiger partial charge in [0.05, 0.1) is 0 Å². The van der Waals surface area contributed by atoms with Crippen LogP contribution in [0.5, 0.6) is 0 Å². The zero-order valence-electron chi connectivity index (χ0n) is 19.0. The van der Waals surface area contributed by atoms with E-state index in [9.17, 15) is 14.4 Å². The van der Waals surface area contributed by atoms with Crippen molar-refractivity contribution in [1.29, 1.82) is 0 Å². The van der Waals surface area contributed by atoms with Gasteiger partial charge in [0.2, 0.25) is 11.8 Å². The van der Waals surface area contributed by atoms with Gasteiger partial charge in [-0.15, -0.1) is 0 Å². The number of nitrogens with one attached hydrogen (secondary N) is 2. The highest BCUT2D eigenvalue weighted by molar-refractivity contribution is 6.06. The van der Waals surface area contributed by atoms with E-state index in [-0.39, 0.29) is 30.3 Å². The van der Waals surface area contributed by atoms with E-state index in [1.54, 1.807) is 4.90 Å². The van der Waals surface area contributed by atoms with Gasteiger partial charge in [-0.2, -0.15) is 0 Å². The number of carbonyl (C=O) groups is 3. The number of fused-ring (bicyclic) bond motifs is 1. The average Bonchev–Trinajstić information content (AvgIpc) is 3.28. The second kappa shape index (κ2) is 7.69. The fraction of sp³-hybridized carbons (Fsp3) is 0.583. The fourth-order valence-corrected chi connectivity index (χ4v) is 5.48. The summed E-state index contributed by atoms with van der Waals surface area (Å²) in [5.41, 5.74) is 6.30. The molecule has 1 aromatic carbocycles. The van der Waals surface area contributed by atoms with Gasteiger partial charge in [0.1, 0.15) is 18.0 Å². The number of rotatable bonds is 3. The molecule has 0 bridgehead atoms. The third-order valence-corrected chi connectivity index (χ3v) is 7.54. The Hall–Kier alpha value is -2.74. The molecule has 1 saturated carbocycles. The van der Waals surface area contributed by atoms with Gasteiger partial charge in [-0.3, -0.25) is 19.7 Å². The van der Waals surface area contributed by atoms with Crippen molar-refractivity contribution in [3.63, 3.8) is 0 Å². The van der Waals surface area contributed by atoms with Gasteiger partial charge in [-0.25, -0.2) is 10.0 Å². The summed E-state index contributed by atoms with van der Waals surface area (Å²) in [7, 11) is 2.04. The van der Waals surface area contributed by atoms with Crippen molar-refractivity contribution in [3.8, 4) is 0 Å². The van der Waals surface area contributed by atoms with E-state index >= 15 is 0 Å². The smallest absolute Gasteiger partial charge is 0.255 e. The van der Waals surface area contributed by atoms with Gasteiger partial charge in [0.15, 0.2) is 0 Å². The van der Waals surface area contributed by atoms with Crippen molar-refractivity contribution in [1.82, 2.24) is 20.7 Å². The van der Waals surface area contributed by atoms with Crippen LogP contribution in [-0.4, -0.2) is 52.7 Å². The molecule has 0 spiro atoms. The van der Waals surface area contributed by atoms with Gasteiger partial charge in [-0.05, 0) is 61.1 Å². The summed E-state index contributed by atoms with van der Waals surface area (Å²) in [6.07, 6.45) is 5.56. The number of amidine groups is 1. The molecule has 32 heavy (non-hydrogen) atoms. The van der Waals surface area contributed by atoms with Crippen molar-refractivity contribution < 1.29 is 14.4 Å². The molecule has 0 radical (unpaired) electrons. The fourth-order valence-electron chi connectivity index (χ4n) is 5.48. The number of hydrazine groups is 1. The Morgan fingerprint density at radius 2 is 1.84 bits per heavy atom. The molecule has 0 aromatic heterocycles. The summed E-state index contributed by atoms with van der Waals surface area (Å²) in [6.45, 7) is 5.06. The van der Waals surface area contributed by atoms with Gasteiger partial charge < -0.3 is 10.3 Å². The molecule has 2 atom stereocenters. The lowest BCUT2D eigenvalue weighted by Crippen LogP contribution is -2.52. The maximum absolute atomic E-state index is 12.9. The van der Waals surface area contributed by atoms with Crippen LogP contribution < -0.4 is 10.7 Å². The van der Waals surface area contributed by atoms with Crippen LogP contribution in [0.2, 0.25) is 0 Å². The predicted molar refractivity (Wildman–Crippen MR) is 119 cm³/mol. The van der Waals surface area contributed by atoms with Crippen LogP contribution in [0.15, 0.2) is 23.2 Å². The number of nitrogens with zero attached hydrogens (tertiary/aromatic N) is 3. The van der Waals surface area contributed by atoms with E-state index in [0.29, 0.717) is 29.9 Å². The molecule has 1 aromatic rings. The number of hydrogen-bond acceptors (Lipinski definition) is 6. The predicted octanol–water partition coefficient (Wildman–Crippen LogP) is 2.19. The molecule has 4 aliphatic rings. The number of aliphatic imine (C=N–C) groups is 1. The molecule has 8 heteroatoms. The summed E-state index contributed by atoms with van der Waals surface area (Å²) < 4.78 is 0. The van der Waals surface area contributed by atoms with Gasteiger partial charge in [0, 0.05) is 31.1 Å². The Bertz CT molecular complexity index is 1010. The molecule has 2 N–H and O–H groups in total. The molecule has 8 nitrogen and oxygen atoms in total. The second-order valence-electron chi connectivity index (χ2n) is 10.4. The molecule has 5 rings (SSSR count). The lowest BCUT2D eigenvalue weighted by Gasteiger charge is -2.37. The first-order valence-electron chi connectivity index (χ1n) is 11.6. The minimum Gasteiger partial charge on any atom is -0.322 e. The van der Waals surface area contributed by atoms with Gasteiger partial charge >= 0.3 is 0 Å². The molecular weight excluding hydrogens is 406 g/mol. The van der Waals surface area contributed by atoms with Crippen molar-refractivity contribution in [2.75, 3.05) is 7.05 Å². The van der Waals surface area contributed by atoms with Crippen LogP contribution in [-0.2, 0) is 16.1 Å². The zero-order chi connectivity index (χ0) is 22.6. The lowest BCUT2D eigenvalue weighted by molar-refractivity contribution is -0.136. The SMILES string of the molecule is CN1NC(c2ccc3c(c2)CN(C2CCC(=O)NC2=O)C3=O)=NC1C1CCC(C)(C)CC1. The maximum Gasteiger partial charge on any atom is 0.255 e. The maximum atomic E-state index is 12.9. The van der Waals surface area contributed by atoms with Gasteiger partial charge in [-0.1, -0.05) is 19.9 Å². The summed E-state index contributed by atoms with van der Waals surface area (Å²) in [4.78, 5) is 43.3. The molecule has 3 aliphatic heterocycles. The van der Waals surface area contributed by atoms with E-state index in [1.165, 1.54) is 25.7 Å². The lowest BCUT2D eigenvalue weighted by atomic mass is 9.72. The number of amides is 3. The molecule has 3 heterocycles. The molecule has 1 saturated heterocycles. The van der Waals surface area contributed by atoms with Gasteiger partial charge in [0.25, 0.3) is 5.91 Å². The Morgan fingerprint density at radius 1 is 1.09 bits per heavy atom. The molecule has 3 amide bonds. The van der Waals surface area contributed by atoms with Crippen molar-refractivity contribution >= 4 is 23.6 Å². The van der Waals surface area contributed by atoms with E-state index in [2.05, 4.69) is 29.6 Å². The number of benzene rings is 1. The highest BCUT2D eigenvalue weighted by Gasteiger charge is 2.40. The Labute approximate surface area is 188 Å². The first-order chi connectivity index (χ1) is 15.2. The first kappa shape index (κ1) is 21.1. The van der Waals surface area contributed by atoms with Crippen LogP contribution in [0.3, 0.4) is 0 Å². The Kier molecular flexibility index (Phi) is 5.08. The summed E-state index contributed by atoms with van der Waals surface area (Å²) in [5.74, 6) is 0.559. The number of hydrogen-bond donors (Lipinski definition) is 2. The molecule has 2 unspecified atom stereocenters. The number of piperidine rings is 1. The van der Waals surface area contributed by atoms with E-state index in [4.69, 9.17) is 4.99 Å². The quantitative estimate of drug-likeness (QED) is 0.707. The van der Waals surface area contributed by atoms with Crippen molar-refractivity contribution in [3.05, 3.63) is 34.9 Å². The van der Waals surface area contributed by atoms with E-state index in [0.717, 1.165) is 17.0 Å². The Morgan fingerprint density at radius 3 is 2.56 bits per heavy atom. The third kappa shape index (κ3) is 3.70. The minimum absolute atomic E-state index is 0.121. The summed E-state index contributed by atoms with van der Waals surface area (Å²) in [5, 5.41) is 4.45. The molecule has 1 aliphatic carbocycles. The molecular formula is C24H31N5O3. The number of imide groups is 1. The van der Waals surface area contributed by atoms with Crippen LogP contribution in [0.1, 0.15) is 73.9 Å². The molecule has 2 fully saturated rings. The molecule has 170 valence electrons. The third-order valence-electron chi connectivity index (χ3n) is 7.54. The summed E-state index contributed by atoms with van der Waals surface area (Å²) in [6, 6.07) is 5.17. The zero-order valence-corrected chi connectivity index (χ0v) is 19.0. The van der Waals surface area contributed by atoms with Crippen LogP contribution in [0.4, 0.5) is 0 Å². The normalized spacial score (nSPS) is 28.4. The Balaban J connectivity index is 1.33. The highest BCUT2D eigenvalue weighted by atomic mass is 16.2. The largest absolute Gasteiger partial charge is 0.322 e. The highest BCUT2D eigenvalue weighted by Crippen LogP contribution is 2.41. The topological polar surface area (TPSA) is 94.1 Å². The van der Waals surface area contributed by atoms with Crippen LogP contribution in [0.25, 0.3) is 0 Å². The standard InChI is InChI=1S/C24H31N5O3/c1-24(2)10-8-14(9-11-24)21-26-20(27-28(21)3)15-4-5-17-16(12-15)13-29(23(17)32)18-6-7-19(30)25-22(18)31/h4-5,12,14,18,21H,6-11,13H2,1-3H3,(H,26,27)(H,25,30,31). The van der Waals surface area contributed by atoms with E-state index < -0.39 is 6.04 Å². The number of carbonyl (C=O) groups excluding carboxylic acids is 3. The second-order valence-corrected chi connectivity index (χ2v) is 10.4. The van der Waals surface area contributed by atoms with Crippen molar-refractivity contribution in [2.45, 2.75) is 71.1 Å². The minimum atomic E-state index is -0.593. The average molecular weight is 438 g/mol. The monoisotopic (exact) mass is 437 g/mol. The van der Waals surface area contributed by atoms with E-state index in [1.807, 2.05) is 25.2 Å². The van der Waals surface area contributed by atoms with Crippen molar-refractivity contribution in [2.24, 2.45) is 16.3 Å². The first-order valence-corrected chi connectivity index (χ1v) is 11.6. The summed E-state index contributed by atoms with van der Waals surface area (Å²) >= 11 is 0.